The molecule has 140 valence electrons. The van der Waals surface area contributed by atoms with Gasteiger partial charge < -0.3 is 18.9 Å². The largest absolute Gasteiger partial charge is 0.479 e. The first-order valence-electron chi connectivity index (χ1n) is 8.47. The highest BCUT2D eigenvalue weighted by molar-refractivity contribution is 6.35. The smallest absolute Gasteiger partial charge is 0.245 e. The SMILES string of the molecule is COc1nc(C)nc(OC)c1N1CCCn2c1nc1c(Cl)ccc(C=O)c12. The number of carbonyl (C=O) groups is 1. The van der Waals surface area contributed by atoms with E-state index >= 15 is 0 Å². The van der Waals surface area contributed by atoms with Gasteiger partial charge in [-0.2, -0.15) is 9.97 Å². The molecular formula is C18H18ClN5O3. The first kappa shape index (κ1) is 17.5. The van der Waals surface area contributed by atoms with Gasteiger partial charge in [0.05, 0.1) is 24.8 Å². The van der Waals surface area contributed by atoms with Crippen molar-refractivity contribution in [2.24, 2.45) is 0 Å². The molecule has 0 aliphatic carbocycles. The van der Waals surface area contributed by atoms with E-state index in [0.717, 1.165) is 24.8 Å². The Morgan fingerprint density at radius 3 is 2.44 bits per heavy atom. The summed E-state index contributed by atoms with van der Waals surface area (Å²) in [4.78, 5) is 27.0. The molecule has 2 aromatic heterocycles. The summed E-state index contributed by atoms with van der Waals surface area (Å²) in [6.45, 7) is 3.17. The number of aldehydes is 1. The fourth-order valence-electron chi connectivity index (χ4n) is 3.46. The van der Waals surface area contributed by atoms with Crippen LogP contribution < -0.4 is 14.4 Å². The molecule has 0 N–H and O–H groups in total. The van der Waals surface area contributed by atoms with E-state index in [4.69, 9.17) is 26.1 Å². The Kier molecular flexibility index (Phi) is 4.35. The lowest BCUT2D eigenvalue weighted by Crippen LogP contribution is -2.29. The van der Waals surface area contributed by atoms with Gasteiger partial charge in [0.1, 0.15) is 11.3 Å². The zero-order chi connectivity index (χ0) is 19.1. The lowest BCUT2D eigenvalue weighted by atomic mass is 10.2. The summed E-state index contributed by atoms with van der Waals surface area (Å²) in [5.41, 5.74) is 2.47. The highest BCUT2D eigenvalue weighted by Crippen LogP contribution is 2.42. The van der Waals surface area contributed by atoms with Crippen LogP contribution in [-0.2, 0) is 6.54 Å². The lowest BCUT2D eigenvalue weighted by Gasteiger charge is -2.30. The molecule has 0 fully saturated rings. The highest BCUT2D eigenvalue weighted by Gasteiger charge is 2.30. The van der Waals surface area contributed by atoms with Gasteiger partial charge in [-0.3, -0.25) is 4.79 Å². The van der Waals surface area contributed by atoms with E-state index in [2.05, 4.69) is 9.97 Å². The summed E-state index contributed by atoms with van der Waals surface area (Å²) < 4.78 is 13.0. The maximum absolute atomic E-state index is 11.5. The van der Waals surface area contributed by atoms with Crippen molar-refractivity contribution < 1.29 is 14.3 Å². The molecule has 4 rings (SSSR count). The molecule has 0 bridgehead atoms. The maximum atomic E-state index is 11.5. The van der Waals surface area contributed by atoms with Crippen LogP contribution in [0.1, 0.15) is 22.6 Å². The number of fused-ring (bicyclic) bond motifs is 3. The fourth-order valence-corrected chi connectivity index (χ4v) is 3.66. The third-order valence-electron chi connectivity index (χ3n) is 4.58. The quantitative estimate of drug-likeness (QED) is 0.636. The van der Waals surface area contributed by atoms with E-state index in [9.17, 15) is 4.79 Å². The summed E-state index contributed by atoms with van der Waals surface area (Å²) in [6.07, 6.45) is 1.66. The molecule has 0 atom stereocenters. The number of benzene rings is 1. The van der Waals surface area contributed by atoms with Crippen LogP contribution in [0.25, 0.3) is 11.0 Å². The summed E-state index contributed by atoms with van der Waals surface area (Å²) in [5.74, 6) is 2.00. The van der Waals surface area contributed by atoms with Crippen LogP contribution in [0.3, 0.4) is 0 Å². The van der Waals surface area contributed by atoms with Gasteiger partial charge >= 0.3 is 0 Å². The minimum Gasteiger partial charge on any atom is -0.479 e. The van der Waals surface area contributed by atoms with Crippen LogP contribution in [0.4, 0.5) is 11.6 Å². The molecule has 0 unspecified atom stereocenters. The van der Waals surface area contributed by atoms with Crippen molar-refractivity contribution in [3.8, 4) is 11.8 Å². The van der Waals surface area contributed by atoms with Gasteiger partial charge in [-0.05, 0) is 25.5 Å². The van der Waals surface area contributed by atoms with E-state index in [1.807, 2.05) is 9.47 Å². The van der Waals surface area contributed by atoms with Gasteiger partial charge in [0.15, 0.2) is 12.0 Å². The number of carbonyl (C=O) groups excluding carboxylic acids is 1. The molecule has 0 saturated heterocycles. The maximum Gasteiger partial charge on any atom is 0.245 e. The Labute approximate surface area is 160 Å². The number of anilines is 2. The van der Waals surface area contributed by atoms with Crippen molar-refractivity contribution in [3.63, 3.8) is 0 Å². The first-order valence-corrected chi connectivity index (χ1v) is 8.85. The third-order valence-corrected chi connectivity index (χ3v) is 4.88. The number of hydrogen-bond acceptors (Lipinski definition) is 7. The molecular weight excluding hydrogens is 370 g/mol. The molecule has 8 nitrogen and oxygen atoms in total. The normalized spacial score (nSPS) is 13.6. The Bertz CT molecular complexity index is 1020. The van der Waals surface area contributed by atoms with Crippen LogP contribution in [-0.4, -0.2) is 46.6 Å². The van der Waals surface area contributed by atoms with Gasteiger partial charge in [0.25, 0.3) is 0 Å². The summed E-state index contributed by atoms with van der Waals surface area (Å²) in [7, 11) is 3.11. The molecule has 9 heteroatoms. The number of hydrogen-bond donors (Lipinski definition) is 0. The summed E-state index contributed by atoms with van der Waals surface area (Å²) in [6, 6.07) is 3.40. The van der Waals surface area contributed by atoms with E-state index in [1.54, 1.807) is 33.3 Å². The van der Waals surface area contributed by atoms with Crippen molar-refractivity contribution >= 4 is 40.6 Å². The van der Waals surface area contributed by atoms with E-state index in [0.29, 0.717) is 51.9 Å². The van der Waals surface area contributed by atoms with Crippen LogP contribution in [0.15, 0.2) is 12.1 Å². The Morgan fingerprint density at radius 1 is 1.11 bits per heavy atom. The van der Waals surface area contributed by atoms with E-state index < -0.39 is 0 Å². The topological polar surface area (TPSA) is 82.4 Å². The Hall–Kier alpha value is -2.87. The summed E-state index contributed by atoms with van der Waals surface area (Å²) >= 11 is 6.35. The molecule has 3 heterocycles. The highest BCUT2D eigenvalue weighted by atomic mass is 35.5. The van der Waals surface area contributed by atoms with Crippen LogP contribution in [0, 0.1) is 6.92 Å². The van der Waals surface area contributed by atoms with Crippen molar-refractivity contribution in [1.82, 2.24) is 19.5 Å². The number of methoxy groups -OCH3 is 2. The van der Waals surface area contributed by atoms with E-state index in [1.165, 1.54) is 0 Å². The average Bonchev–Trinajstić information content (AvgIpc) is 3.08. The zero-order valence-corrected chi connectivity index (χ0v) is 15.9. The minimum atomic E-state index is 0.404. The molecule has 0 saturated carbocycles. The molecule has 1 aromatic carbocycles. The number of halogens is 1. The molecule has 3 aromatic rings. The molecule has 1 aliphatic heterocycles. The Morgan fingerprint density at radius 2 is 1.81 bits per heavy atom. The molecule has 27 heavy (non-hydrogen) atoms. The fraction of sp³-hybridized carbons (Fsp3) is 0.333. The molecule has 0 amide bonds. The van der Waals surface area contributed by atoms with Crippen LogP contribution in [0.2, 0.25) is 5.02 Å². The van der Waals surface area contributed by atoms with Gasteiger partial charge in [0.2, 0.25) is 17.7 Å². The van der Waals surface area contributed by atoms with Crippen molar-refractivity contribution in [3.05, 3.63) is 28.5 Å². The number of rotatable bonds is 4. The number of ether oxygens (including phenoxy) is 2. The van der Waals surface area contributed by atoms with Crippen molar-refractivity contribution in [2.45, 2.75) is 19.9 Å². The summed E-state index contributed by atoms with van der Waals surface area (Å²) in [5, 5.41) is 0.497. The lowest BCUT2D eigenvalue weighted by molar-refractivity contribution is 0.112. The number of aromatic nitrogens is 4. The second-order valence-corrected chi connectivity index (χ2v) is 6.57. The van der Waals surface area contributed by atoms with Gasteiger partial charge in [-0.1, -0.05) is 11.6 Å². The van der Waals surface area contributed by atoms with E-state index in [-0.39, 0.29) is 0 Å². The standard InChI is InChI=1S/C18H18ClN5O3/c1-10-20-16(26-2)15(17(21-10)27-3)24-8-4-7-23-14-11(9-25)5-6-12(19)13(14)22-18(23)24/h5-6,9H,4,7-8H2,1-3H3. The average molecular weight is 388 g/mol. The predicted octanol–water partition coefficient (Wildman–Crippen LogP) is 3.16. The van der Waals surface area contributed by atoms with Crippen LogP contribution in [0.5, 0.6) is 11.8 Å². The van der Waals surface area contributed by atoms with Gasteiger partial charge in [-0.25, -0.2) is 4.98 Å². The van der Waals surface area contributed by atoms with Gasteiger partial charge in [0, 0.05) is 18.7 Å². The molecule has 0 radical (unpaired) electrons. The van der Waals surface area contributed by atoms with Crippen LogP contribution >= 0.6 is 11.6 Å². The number of nitrogens with zero attached hydrogens (tertiary/aromatic N) is 5. The third kappa shape index (κ3) is 2.68. The second-order valence-electron chi connectivity index (χ2n) is 6.16. The number of imidazole rings is 1. The van der Waals surface area contributed by atoms with Crippen molar-refractivity contribution in [1.29, 1.82) is 0 Å². The monoisotopic (exact) mass is 387 g/mol. The minimum absolute atomic E-state index is 0.404. The van der Waals surface area contributed by atoms with Gasteiger partial charge in [-0.15, -0.1) is 0 Å². The second kappa shape index (κ2) is 6.70. The van der Waals surface area contributed by atoms with Crippen molar-refractivity contribution in [2.75, 3.05) is 25.7 Å². The predicted molar refractivity (Wildman–Crippen MR) is 102 cm³/mol. The molecule has 1 aliphatic rings. The number of aryl methyl sites for hydroxylation is 2. The first-order chi connectivity index (χ1) is 13.1. The Balaban J connectivity index is 2.00. The molecule has 0 spiro atoms. The zero-order valence-electron chi connectivity index (χ0n) is 15.2.